The topological polar surface area (TPSA) is 112 Å². The van der Waals surface area contributed by atoms with Crippen molar-refractivity contribution in [2.24, 2.45) is 0 Å². The number of ketones is 1. The van der Waals surface area contributed by atoms with Crippen molar-refractivity contribution in [3.8, 4) is 0 Å². The molecule has 34 heavy (non-hydrogen) atoms. The first-order chi connectivity index (χ1) is 16.2. The predicted molar refractivity (Wildman–Crippen MR) is 131 cm³/mol. The van der Waals surface area contributed by atoms with Gasteiger partial charge in [0.2, 0.25) is 0 Å². The molecule has 0 aliphatic carbocycles. The normalized spacial score (nSPS) is 21.7. The van der Waals surface area contributed by atoms with Gasteiger partial charge >= 0.3 is 12.0 Å². The lowest BCUT2D eigenvalue weighted by Crippen LogP contribution is -2.36. The van der Waals surface area contributed by atoms with E-state index >= 15 is 0 Å². The Bertz CT molecular complexity index is 641. The molecule has 2 rings (SSSR count). The van der Waals surface area contributed by atoms with Crippen LogP contribution in [0.3, 0.4) is 0 Å². The fourth-order valence-corrected chi connectivity index (χ4v) is 5.44. The van der Waals surface area contributed by atoms with Crippen molar-refractivity contribution < 1.29 is 33.3 Å². The van der Waals surface area contributed by atoms with Crippen molar-refractivity contribution in [3.63, 3.8) is 0 Å². The zero-order chi connectivity index (χ0) is 24.8. The van der Waals surface area contributed by atoms with E-state index in [9.17, 15) is 14.4 Å². The van der Waals surface area contributed by atoms with Crippen molar-refractivity contribution >= 4 is 29.5 Å². The largest absolute Gasteiger partial charge is 0.460 e. The molecule has 2 N–H and O–H groups in total. The van der Waals surface area contributed by atoms with Gasteiger partial charge in [-0.1, -0.05) is 6.42 Å². The lowest BCUT2D eigenvalue weighted by atomic mass is 10.0. The molecule has 0 aromatic rings. The smallest absolute Gasteiger partial charge is 0.315 e. The Morgan fingerprint density at radius 1 is 0.882 bits per heavy atom. The number of unbranched alkanes of at least 4 members (excludes halogenated alkanes) is 1. The first kappa shape index (κ1) is 28.9. The molecule has 0 aromatic heterocycles. The number of Topliss-reactive ketones (excluding diaryl/α,β-unsaturated/α-hetero) is 1. The minimum Gasteiger partial charge on any atom is -0.460 e. The van der Waals surface area contributed by atoms with E-state index in [0.717, 1.165) is 31.4 Å². The number of hydrogen-bond donors (Lipinski definition) is 2. The van der Waals surface area contributed by atoms with Crippen LogP contribution in [0.1, 0.15) is 65.7 Å². The van der Waals surface area contributed by atoms with Crippen molar-refractivity contribution in [1.82, 2.24) is 10.6 Å². The van der Waals surface area contributed by atoms with Crippen molar-refractivity contribution in [3.05, 3.63) is 0 Å². The number of hydrogen-bond acceptors (Lipinski definition) is 8. The Balaban J connectivity index is 1.31. The number of carbonyl (C=O) groups is 3. The highest BCUT2D eigenvalue weighted by Crippen LogP contribution is 2.33. The van der Waals surface area contributed by atoms with Crippen molar-refractivity contribution in [1.29, 1.82) is 0 Å². The Kier molecular flexibility index (Phi) is 13.2. The standard InChI is InChI=1S/C24H42N2O7S/c1-24(2,3)33-21(28)10-12-31-14-16-32-15-13-30-11-6-8-18(27)7-4-5-9-20-22-19(17-34-20)25-23(29)26-22/h19-20,22H,4-17H2,1-3H3,(H2,25,26,29)/t19-,20-,22-/m0/s1. The lowest BCUT2D eigenvalue weighted by molar-refractivity contribution is -0.156. The molecule has 2 saturated heterocycles. The zero-order valence-corrected chi connectivity index (χ0v) is 21.7. The van der Waals surface area contributed by atoms with Crippen LogP contribution >= 0.6 is 11.8 Å². The number of rotatable bonds is 18. The maximum atomic E-state index is 12.0. The second kappa shape index (κ2) is 15.6. The molecule has 10 heteroatoms. The molecule has 0 radical (unpaired) electrons. The highest BCUT2D eigenvalue weighted by molar-refractivity contribution is 8.00. The Labute approximate surface area is 207 Å². The first-order valence-corrected chi connectivity index (χ1v) is 13.4. The third kappa shape index (κ3) is 12.4. The van der Waals surface area contributed by atoms with Crippen LogP contribution in [0, 0.1) is 0 Å². The molecule has 2 fully saturated rings. The molecule has 3 atom stereocenters. The van der Waals surface area contributed by atoms with Crippen LogP contribution in [-0.2, 0) is 28.5 Å². The summed E-state index contributed by atoms with van der Waals surface area (Å²) in [6, 6.07) is 0.454. The van der Waals surface area contributed by atoms with Gasteiger partial charge in [0.1, 0.15) is 11.4 Å². The number of nitrogens with one attached hydrogen (secondary N) is 2. The van der Waals surface area contributed by atoms with Gasteiger partial charge in [0.25, 0.3) is 0 Å². The quantitative estimate of drug-likeness (QED) is 0.167. The van der Waals surface area contributed by atoms with Crippen LogP contribution in [0.2, 0.25) is 0 Å². The van der Waals surface area contributed by atoms with Crippen LogP contribution in [-0.4, -0.2) is 86.1 Å². The average Bonchev–Trinajstić information content (AvgIpc) is 3.30. The molecule has 2 heterocycles. The van der Waals surface area contributed by atoms with Crippen LogP contribution in [0.15, 0.2) is 0 Å². The molecular formula is C24H42N2O7S. The molecule has 2 amide bonds. The summed E-state index contributed by atoms with van der Waals surface area (Å²) in [6.07, 6.45) is 5.09. The van der Waals surface area contributed by atoms with E-state index in [4.69, 9.17) is 18.9 Å². The third-order valence-corrected chi connectivity index (χ3v) is 7.00. The highest BCUT2D eigenvalue weighted by Gasteiger charge is 2.42. The van der Waals surface area contributed by atoms with E-state index in [1.807, 2.05) is 32.5 Å². The van der Waals surface area contributed by atoms with E-state index in [0.29, 0.717) is 57.7 Å². The number of carbonyl (C=O) groups excluding carboxylic acids is 3. The summed E-state index contributed by atoms with van der Waals surface area (Å²) < 4.78 is 21.5. The summed E-state index contributed by atoms with van der Waals surface area (Å²) in [5, 5.41) is 6.42. The molecule has 0 spiro atoms. The van der Waals surface area contributed by atoms with Gasteiger partial charge in [0.05, 0.1) is 51.5 Å². The fourth-order valence-electron chi connectivity index (χ4n) is 3.90. The van der Waals surface area contributed by atoms with Gasteiger partial charge in [-0.05, 0) is 40.0 Å². The SMILES string of the molecule is CC(C)(C)OC(=O)CCOCCOCCOCCCC(=O)CCCC[C@@H]1SC[C@@H]2NC(=O)N[C@@H]21. The molecule has 2 aliphatic rings. The van der Waals surface area contributed by atoms with Crippen LogP contribution < -0.4 is 10.6 Å². The summed E-state index contributed by atoms with van der Waals surface area (Å²) in [4.78, 5) is 35.0. The first-order valence-electron chi connectivity index (χ1n) is 12.4. The fraction of sp³-hybridized carbons (Fsp3) is 0.875. The number of thioether (sulfide) groups is 1. The van der Waals surface area contributed by atoms with Crippen molar-refractivity contribution in [2.75, 3.05) is 45.4 Å². The highest BCUT2D eigenvalue weighted by atomic mass is 32.2. The number of fused-ring (bicyclic) bond motifs is 1. The molecular weight excluding hydrogens is 460 g/mol. The molecule has 0 saturated carbocycles. The number of ether oxygens (including phenoxy) is 4. The summed E-state index contributed by atoms with van der Waals surface area (Å²) in [7, 11) is 0. The Morgan fingerprint density at radius 3 is 2.24 bits per heavy atom. The summed E-state index contributed by atoms with van der Waals surface area (Å²) >= 11 is 1.91. The number of esters is 1. The second-order valence-electron chi connectivity index (χ2n) is 9.68. The lowest BCUT2D eigenvalue weighted by Gasteiger charge is -2.19. The minimum atomic E-state index is -0.471. The maximum absolute atomic E-state index is 12.0. The van der Waals surface area contributed by atoms with Gasteiger partial charge in [0, 0.05) is 30.5 Å². The van der Waals surface area contributed by atoms with Gasteiger partial charge in [-0.25, -0.2) is 4.79 Å². The summed E-state index contributed by atoms with van der Waals surface area (Å²) in [5.74, 6) is 0.998. The van der Waals surface area contributed by atoms with Gasteiger partial charge in [-0.3, -0.25) is 9.59 Å². The molecule has 196 valence electrons. The van der Waals surface area contributed by atoms with Gasteiger partial charge < -0.3 is 29.6 Å². The zero-order valence-electron chi connectivity index (χ0n) is 20.9. The number of urea groups is 1. The van der Waals surface area contributed by atoms with E-state index in [1.165, 1.54) is 0 Å². The molecule has 0 unspecified atom stereocenters. The molecule has 0 bridgehead atoms. The van der Waals surface area contributed by atoms with Gasteiger partial charge in [0.15, 0.2) is 0 Å². The van der Waals surface area contributed by atoms with Gasteiger partial charge in [-0.15, -0.1) is 0 Å². The second-order valence-corrected chi connectivity index (χ2v) is 11.0. The molecule has 9 nitrogen and oxygen atoms in total. The van der Waals surface area contributed by atoms with Crippen LogP contribution in [0.5, 0.6) is 0 Å². The molecule has 2 aliphatic heterocycles. The van der Waals surface area contributed by atoms with E-state index in [2.05, 4.69) is 10.6 Å². The van der Waals surface area contributed by atoms with Crippen molar-refractivity contribution in [2.45, 2.75) is 88.7 Å². The summed E-state index contributed by atoms with van der Waals surface area (Å²) in [6.45, 7) is 8.20. The number of amides is 2. The predicted octanol–water partition coefficient (Wildman–Crippen LogP) is 2.84. The van der Waals surface area contributed by atoms with E-state index < -0.39 is 5.60 Å². The minimum absolute atomic E-state index is 0.0505. The van der Waals surface area contributed by atoms with E-state index in [-0.39, 0.29) is 36.3 Å². The molecule has 0 aromatic carbocycles. The monoisotopic (exact) mass is 502 g/mol. The Hall–Kier alpha value is -1.36. The average molecular weight is 503 g/mol. The maximum Gasteiger partial charge on any atom is 0.315 e. The van der Waals surface area contributed by atoms with Gasteiger partial charge in [-0.2, -0.15) is 11.8 Å². The Morgan fingerprint density at radius 2 is 1.53 bits per heavy atom. The summed E-state index contributed by atoms with van der Waals surface area (Å²) in [5.41, 5.74) is -0.471. The van der Waals surface area contributed by atoms with Crippen LogP contribution in [0.25, 0.3) is 0 Å². The third-order valence-electron chi connectivity index (χ3n) is 5.49. The van der Waals surface area contributed by atoms with E-state index in [1.54, 1.807) is 0 Å². The van der Waals surface area contributed by atoms with Crippen LogP contribution in [0.4, 0.5) is 4.79 Å².